The van der Waals surface area contributed by atoms with Gasteiger partial charge in [-0.2, -0.15) is 5.10 Å². The van der Waals surface area contributed by atoms with E-state index in [0.717, 1.165) is 11.4 Å². The molecule has 0 atom stereocenters. The summed E-state index contributed by atoms with van der Waals surface area (Å²) in [6.07, 6.45) is 5.29. The smallest absolute Gasteiger partial charge is 0.225 e. The summed E-state index contributed by atoms with van der Waals surface area (Å²) >= 11 is 0. The van der Waals surface area contributed by atoms with Gasteiger partial charge < -0.3 is 5.32 Å². The molecule has 2 heterocycles. The summed E-state index contributed by atoms with van der Waals surface area (Å²) in [7, 11) is 0. The van der Waals surface area contributed by atoms with Crippen molar-refractivity contribution in [1.82, 2.24) is 20.1 Å². The monoisotopic (exact) mass is 258 g/mol. The van der Waals surface area contributed by atoms with Crippen molar-refractivity contribution in [2.24, 2.45) is 5.41 Å². The van der Waals surface area contributed by atoms with Gasteiger partial charge in [-0.05, 0) is 17.7 Å². The van der Waals surface area contributed by atoms with E-state index in [0.29, 0.717) is 6.54 Å². The number of aromatic nitrogens is 3. The maximum atomic E-state index is 11.7. The van der Waals surface area contributed by atoms with Gasteiger partial charge in [-0.1, -0.05) is 26.8 Å². The van der Waals surface area contributed by atoms with Crippen LogP contribution in [0.1, 0.15) is 26.3 Å². The van der Waals surface area contributed by atoms with Crippen molar-refractivity contribution >= 4 is 5.91 Å². The molecular weight excluding hydrogens is 240 g/mol. The molecule has 1 amide bonds. The fraction of sp³-hybridized carbons (Fsp3) is 0.357. The number of pyridine rings is 1. The van der Waals surface area contributed by atoms with Gasteiger partial charge in [-0.3, -0.25) is 4.79 Å². The van der Waals surface area contributed by atoms with Crippen molar-refractivity contribution in [3.8, 4) is 5.82 Å². The zero-order valence-electron chi connectivity index (χ0n) is 11.4. The van der Waals surface area contributed by atoms with Gasteiger partial charge in [0.15, 0.2) is 5.82 Å². The second-order valence-electron chi connectivity index (χ2n) is 5.41. The van der Waals surface area contributed by atoms with Crippen LogP contribution in [-0.2, 0) is 11.3 Å². The zero-order chi connectivity index (χ0) is 13.9. The van der Waals surface area contributed by atoms with Crippen molar-refractivity contribution in [2.75, 3.05) is 0 Å². The summed E-state index contributed by atoms with van der Waals surface area (Å²) < 4.78 is 1.69. The van der Waals surface area contributed by atoms with Crippen LogP contribution in [0.5, 0.6) is 0 Å². The molecule has 0 aliphatic heterocycles. The van der Waals surface area contributed by atoms with Crippen molar-refractivity contribution < 1.29 is 4.79 Å². The van der Waals surface area contributed by atoms with E-state index in [9.17, 15) is 4.79 Å². The van der Waals surface area contributed by atoms with E-state index in [2.05, 4.69) is 15.4 Å². The Kier molecular flexibility index (Phi) is 3.64. The van der Waals surface area contributed by atoms with Gasteiger partial charge in [-0.25, -0.2) is 9.67 Å². The third kappa shape index (κ3) is 3.40. The minimum Gasteiger partial charge on any atom is -0.352 e. The van der Waals surface area contributed by atoms with Gasteiger partial charge >= 0.3 is 0 Å². The molecule has 0 saturated heterocycles. The molecule has 5 nitrogen and oxygen atoms in total. The lowest BCUT2D eigenvalue weighted by atomic mass is 9.96. The minimum atomic E-state index is -0.373. The molecule has 0 aromatic carbocycles. The van der Waals surface area contributed by atoms with E-state index >= 15 is 0 Å². The number of nitrogens with zero attached hydrogens (tertiary/aromatic N) is 3. The molecule has 0 radical (unpaired) electrons. The van der Waals surface area contributed by atoms with E-state index in [1.807, 2.05) is 45.2 Å². The van der Waals surface area contributed by atoms with Crippen LogP contribution >= 0.6 is 0 Å². The van der Waals surface area contributed by atoms with Crippen LogP contribution in [0, 0.1) is 5.41 Å². The Bertz CT molecular complexity index is 538. The van der Waals surface area contributed by atoms with E-state index in [-0.39, 0.29) is 11.3 Å². The lowest BCUT2D eigenvalue weighted by molar-refractivity contribution is -0.128. The molecule has 2 aromatic rings. The first-order valence-electron chi connectivity index (χ1n) is 6.20. The van der Waals surface area contributed by atoms with Crippen LogP contribution in [0.4, 0.5) is 0 Å². The molecule has 0 fully saturated rings. The zero-order valence-corrected chi connectivity index (χ0v) is 11.4. The van der Waals surface area contributed by atoms with Crippen molar-refractivity contribution in [3.05, 3.63) is 42.4 Å². The maximum absolute atomic E-state index is 11.7. The van der Waals surface area contributed by atoms with E-state index in [4.69, 9.17) is 0 Å². The van der Waals surface area contributed by atoms with Gasteiger partial charge in [-0.15, -0.1) is 0 Å². The molecule has 5 heteroatoms. The molecule has 2 aromatic heterocycles. The quantitative estimate of drug-likeness (QED) is 0.915. The van der Waals surface area contributed by atoms with Crippen LogP contribution in [0.2, 0.25) is 0 Å². The van der Waals surface area contributed by atoms with Crippen LogP contribution < -0.4 is 5.32 Å². The maximum Gasteiger partial charge on any atom is 0.225 e. The van der Waals surface area contributed by atoms with Crippen molar-refractivity contribution in [2.45, 2.75) is 27.3 Å². The van der Waals surface area contributed by atoms with E-state index < -0.39 is 0 Å². The highest BCUT2D eigenvalue weighted by Crippen LogP contribution is 2.13. The molecular formula is C14H18N4O. The third-order valence-corrected chi connectivity index (χ3v) is 2.68. The van der Waals surface area contributed by atoms with Gasteiger partial charge in [0.05, 0.1) is 0 Å². The number of hydrogen-bond acceptors (Lipinski definition) is 3. The summed E-state index contributed by atoms with van der Waals surface area (Å²) in [5.41, 5.74) is 0.594. The highest BCUT2D eigenvalue weighted by Gasteiger charge is 2.20. The first-order chi connectivity index (χ1) is 8.97. The Balaban J connectivity index is 1.98. The lowest BCUT2D eigenvalue weighted by Gasteiger charge is -2.17. The van der Waals surface area contributed by atoms with E-state index in [1.165, 1.54) is 0 Å². The number of nitrogens with one attached hydrogen (secondary N) is 1. The Morgan fingerprint density at radius 3 is 2.68 bits per heavy atom. The van der Waals surface area contributed by atoms with Gasteiger partial charge in [0.25, 0.3) is 0 Å². The standard InChI is InChI=1S/C14H18N4O/c1-14(2,3)13(19)16-10-11-5-6-12(15-9-11)18-8-4-7-17-18/h4-9H,10H2,1-3H3,(H,16,19). The van der Waals surface area contributed by atoms with Crippen LogP contribution in [0.3, 0.4) is 0 Å². The van der Waals surface area contributed by atoms with Crippen molar-refractivity contribution in [1.29, 1.82) is 0 Å². The van der Waals surface area contributed by atoms with Gasteiger partial charge in [0, 0.05) is 30.6 Å². The average molecular weight is 258 g/mol. The third-order valence-electron chi connectivity index (χ3n) is 2.68. The number of carbonyl (C=O) groups excluding carboxylic acids is 1. The molecule has 100 valence electrons. The summed E-state index contributed by atoms with van der Waals surface area (Å²) in [6, 6.07) is 5.66. The van der Waals surface area contributed by atoms with Crippen molar-refractivity contribution in [3.63, 3.8) is 0 Å². The first kappa shape index (κ1) is 13.3. The molecule has 2 rings (SSSR count). The molecule has 0 aliphatic carbocycles. The molecule has 0 unspecified atom stereocenters. The number of amides is 1. The normalized spacial score (nSPS) is 11.3. The second kappa shape index (κ2) is 5.22. The summed E-state index contributed by atoms with van der Waals surface area (Å²) in [5, 5.41) is 7.00. The van der Waals surface area contributed by atoms with Crippen LogP contribution in [-0.4, -0.2) is 20.7 Å². The largest absolute Gasteiger partial charge is 0.352 e. The minimum absolute atomic E-state index is 0.0312. The highest BCUT2D eigenvalue weighted by atomic mass is 16.2. The van der Waals surface area contributed by atoms with Crippen LogP contribution in [0.25, 0.3) is 5.82 Å². The Morgan fingerprint density at radius 1 is 1.37 bits per heavy atom. The Labute approximate surface area is 112 Å². The Morgan fingerprint density at radius 2 is 2.16 bits per heavy atom. The summed E-state index contributed by atoms with van der Waals surface area (Å²) in [5.74, 6) is 0.791. The van der Waals surface area contributed by atoms with Gasteiger partial charge in [0.2, 0.25) is 5.91 Å². The first-order valence-corrected chi connectivity index (χ1v) is 6.20. The molecule has 0 saturated carbocycles. The molecule has 1 N–H and O–H groups in total. The average Bonchev–Trinajstić information content (AvgIpc) is 2.89. The predicted octanol–water partition coefficient (Wildman–Crippen LogP) is 1.93. The topological polar surface area (TPSA) is 59.8 Å². The van der Waals surface area contributed by atoms with Crippen LogP contribution in [0.15, 0.2) is 36.8 Å². The second-order valence-corrected chi connectivity index (χ2v) is 5.41. The number of rotatable bonds is 3. The molecule has 0 spiro atoms. The van der Waals surface area contributed by atoms with Gasteiger partial charge in [0.1, 0.15) is 0 Å². The SMILES string of the molecule is CC(C)(C)C(=O)NCc1ccc(-n2cccn2)nc1. The fourth-order valence-corrected chi connectivity index (χ4v) is 1.51. The lowest BCUT2D eigenvalue weighted by Crippen LogP contribution is -2.34. The summed E-state index contributed by atoms with van der Waals surface area (Å²) in [4.78, 5) is 16.1. The summed E-state index contributed by atoms with van der Waals surface area (Å²) in [6.45, 7) is 6.16. The number of carbonyl (C=O) groups is 1. The van der Waals surface area contributed by atoms with E-state index in [1.54, 1.807) is 17.1 Å². The highest BCUT2D eigenvalue weighted by molar-refractivity contribution is 5.81. The molecule has 0 aliphatic rings. The molecule has 0 bridgehead atoms. The number of hydrogen-bond donors (Lipinski definition) is 1. The molecule has 19 heavy (non-hydrogen) atoms. The fourth-order valence-electron chi connectivity index (χ4n) is 1.51. The Hall–Kier alpha value is -2.17. The predicted molar refractivity (Wildman–Crippen MR) is 72.7 cm³/mol.